The molecule has 1 aromatic carbocycles. The number of aryl methyl sites for hydroxylation is 1. The third kappa shape index (κ3) is 2.02. The Morgan fingerprint density at radius 3 is 2.75 bits per heavy atom. The first-order valence-corrected chi connectivity index (χ1v) is 7.25. The van der Waals surface area contributed by atoms with Crippen LogP contribution in [0.2, 0.25) is 0 Å². The molecule has 3 rings (SSSR count). The highest BCUT2D eigenvalue weighted by Crippen LogP contribution is 2.36. The molecule has 106 valence electrons. The summed E-state index contributed by atoms with van der Waals surface area (Å²) in [6.07, 6.45) is 2.68. The minimum absolute atomic E-state index is 0.301. The summed E-state index contributed by atoms with van der Waals surface area (Å²) in [6, 6.07) is 10.6. The first kappa shape index (κ1) is 13.3. The van der Waals surface area contributed by atoms with Crippen LogP contribution in [0.1, 0.15) is 35.9 Å². The topological polar surface area (TPSA) is 28.4 Å². The van der Waals surface area contributed by atoms with Crippen LogP contribution in [0.3, 0.4) is 0 Å². The first-order chi connectivity index (χ1) is 9.59. The third-order valence-corrected chi connectivity index (χ3v) is 4.17. The summed E-state index contributed by atoms with van der Waals surface area (Å²) in [4.78, 5) is 2.14. The van der Waals surface area contributed by atoms with Crippen molar-refractivity contribution in [1.82, 2.24) is 4.57 Å². The maximum atomic E-state index is 10.2. The number of aliphatic hydroxyl groups excluding tert-OH is 1. The lowest BCUT2D eigenvalue weighted by molar-refractivity contribution is 0.156. The number of para-hydroxylation sites is 2. The Balaban J connectivity index is 2.21. The lowest BCUT2D eigenvalue weighted by Gasteiger charge is -2.24. The Morgan fingerprint density at radius 1 is 1.25 bits per heavy atom. The van der Waals surface area contributed by atoms with Gasteiger partial charge < -0.3 is 14.6 Å². The predicted molar refractivity (Wildman–Crippen MR) is 82.7 cm³/mol. The molecule has 1 N–H and O–H groups in total. The fourth-order valence-electron chi connectivity index (χ4n) is 3.24. The monoisotopic (exact) mass is 270 g/mol. The molecule has 0 aliphatic heterocycles. The highest BCUT2D eigenvalue weighted by atomic mass is 16.3. The van der Waals surface area contributed by atoms with E-state index in [0.717, 1.165) is 24.8 Å². The maximum Gasteiger partial charge on any atom is 0.0807 e. The average Bonchev–Trinajstić information content (AvgIpc) is 2.76. The van der Waals surface area contributed by atoms with E-state index in [1.807, 2.05) is 0 Å². The van der Waals surface area contributed by atoms with E-state index in [2.05, 4.69) is 60.8 Å². The molecule has 0 fully saturated rings. The fraction of sp³-hybridized carbons (Fsp3) is 0.412. The molecule has 1 atom stereocenters. The van der Waals surface area contributed by atoms with Gasteiger partial charge in [-0.1, -0.05) is 12.1 Å². The molecule has 0 amide bonds. The highest BCUT2D eigenvalue weighted by molar-refractivity contribution is 5.64. The van der Waals surface area contributed by atoms with Gasteiger partial charge in [0.1, 0.15) is 0 Å². The van der Waals surface area contributed by atoms with Crippen LogP contribution in [0.5, 0.6) is 0 Å². The molecular weight excluding hydrogens is 248 g/mol. The van der Waals surface area contributed by atoms with Crippen LogP contribution in [-0.4, -0.2) is 23.8 Å². The van der Waals surface area contributed by atoms with Crippen LogP contribution in [-0.2, 0) is 6.42 Å². The second kappa shape index (κ2) is 4.98. The largest absolute Gasteiger partial charge is 0.388 e. The van der Waals surface area contributed by atoms with E-state index in [0.29, 0.717) is 0 Å². The molecule has 0 saturated heterocycles. The van der Waals surface area contributed by atoms with Gasteiger partial charge in [-0.2, -0.15) is 0 Å². The van der Waals surface area contributed by atoms with Gasteiger partial charge >= 0.3 is 0 Å². The molecule has 1 unspecified atom stereocenters. The zero-order chi connectivity index (χ0) is 14.3. The summed E-state index contributed by atoms with van der Waals surface area (Å²) < 4.78 is 2.31. The molecule has 2 aromatic rings. The van der Waals surface area contributed by atoms with Crippen molar-refractivity contribution in [2.24, 2.45) is 0 Å². The maximum absolute atomic E-state index is 10.2. The van der Waals surface area contributed by atoms with E-state index in [1.54, 1.807) is 0 Å². The number of fused-ring (bicyclic) bond motifs is 1. The van der Waals surface area contributed by atoms with Crippen LogP contribution in [0, 0.1) is 6.92 Å². The van der Waals surface area contributed by atoms with Crippen molar-refractivity contribution in [2.75, 3.05) is 19.0 Å². The summed E-state index contributed by atoms with van der Waals surface area (Å²) in [5, 5.41) is 10.2. The Labute approximate surface area is 120 Å². The van der Waals surface area contributed by atoms with E-state index >= 15 is 0 Å². The van der Waals surface area contributed by atoms with Gasteiger partial charge in [-0.15, -0.1) is 0 Å². The Hall–Kier alpha value is -1.74. The highest BCUT2D eigenvalue weighted by Gasteiger charge is 2.24. The molecule has 3 heteroatoms. The van der Waals surface area contributed by atoms with Gasteiger partial charge in [-0.3, -0.25) is 0 Å². The van der Waals surface area contributed by atoms with E-state index in [1.165, 1.54) is 22.8 Å². The lowest BCUT2D eigenvalue weighted by atomic mass is 9.95. The molecule has 1 heterocycles. The second-order valence-corrected chi connectivity index (χ2v) is 5.81. The number of hydrogen-bond acceptors (Lipinski definition) is 2. The predicted octanol–water partition coefficient (Wildman–Crippen LogP) is 3.22. The lowest BCUT2D eigenvalue weighted by Crippen LogP contribution is -2.15. The van der Waals surface area contributed by atoms with Gasteiger partial charge in [0.15, 0.2) is 0 Å². The summed E-state index contributed by atoms with van der Waals surface area (Å²) in [6.45, 7) is 2.12. The first-order valence-electron chi connectivity index (χ1n) is 7.25. The van der Waals surface area contributed by atoms with E-state index in [9.17, 15) is 5.11 Å². The molecule has 1 aliphatic carbocycles. The van der Waals surface area contributed by atoms with Crippen molar-refractivity contribution in [2.45, 2.75) is 32.3 Å². The number of rotatable bonds is 2. The molecule has 0 saturated carbocycles. The standard InChI is InChI=1S/C17H22N2O/c1-12-11-13-14(9-6-10-17(13)20)19(12)16-8-5-4-7-15(16)18(2)3/h4-5,7-8,11,17,20H,6,9-10H2,1-3H3. The molecular formula is C17H22N2O. The summed E-state index contributed by atoms with van der Waals surface area (Å²) in [7, 11) is 4.14. The summed E-state index contributed by atoms with van der Waals surface area (Å²) in [5.74, 6) is 0. The smallest absolute Gasteiger partial charge is 0.0807 e. The van der Waals surface area contributed by atoms with Crippen molar-refractivity contribution in [3.8, 4) is 5.69 Å². The van der Waals surface area contributed by atoms with Crippen molar-refractivity contribution < 1.29 is 5.11 Å². The van der Waals surface area contributed by atoms with Crippen LogP contribution < -0.4 is 4.90 Å². The zero-order valence-electron chi connectivity index (χ0n) is 12.4. The van der Waals surface area contributed by atoms with E-state index in [4.69, 9.17) is 0 Å². The van der Waals surface area contributed by atoms with Gasteiger partial charge in [0.05, 0.1) is 17.5 Å². The number of nitrogens with zero attached hydrogens (tertiary/aromatic N) is 2. The molecule has 0 radical (unpaired) electrons. The number of aromatic nitrogens is 1. The quantitative estimate of drug-likeness (QED) is 0.907. The number of hydrogen-bond donors (Lipinski definition) is 1. The van der Waals surface area contributed by atoms with E-state index in [-0.39, 0.29) is 6.10 Å². The molecule has 1 aliphatic rings. The van der Waals surface area contributed by atoms with Crippen molar-refractivity contribution >= 4 is 5.69 Å². The van der Waals surface area contributed by atoms with E-state index < -0.39 is 0 Å². The van der Waals surface area contributed by atoms with Gasteiger partial charge in [-0.25, -0.2) is 0 Å². The van der Waals surface area contributed by atoms with Crippen molar-refractivity contribution in [3.05, 3.63) is 47.3 Å². The molecule has 0 spiro atoms. The second-order valence-electron chi connectivity index (χ2n) is 5.81. The Bertz CT molecular complexity index is 628. The molecule has 3 nitrogen and oxygen atoms in total. The third-order valence-electron chi connectivity index (χ3n) is 4.17. The van der Waals surface area contributed by atoms with Crippen molar-refractivity contribution in [3.63, 3.8) is 0 Å². The number of aliphatic hydroxyl groups is 1. The van der Waals surface area contributed by atoms with Gasteiger partial charge in [0, 0.05) is 31.0 Å². The van der Waals surface area contributed by atoms with Crippen LogP contribution >= 0.6 is 0 Å². The van der Waals surface area contributed by atoms with Gasteiger partial charge in [0.25, 0.3) is 0 Å². The van der Waals surface area contributed by atoms with Crippen LogP contribution in [0.25, 0.3) is 5.69 Å². The molecule has 1 aromatic heterocycles. The Kier molecular flexibility index (Phi) is 3.30. The fourth-order valence-corrected chi connectivity index (χ4v) is 3.24. The van der Waals surface area contributed by atoms with Gasteiger partial charge in [0.2, 0.25) is 0 Å². The minimum atomic E-state index is -0.301. The summed E-state index contributed by atoms with van der Waals surface area (Å²) >= 11 is 0. The van der Waals surface area contributed by atoms with Crippen molar-refractivity contribution in [1.29, 1.82) is 0 Å². The SMILES string of the molecule is Cc1cc2c(n1-c1ccccc1N(C)C)CCCC2O. The minimum Gasteiger partial charge on any atom is -0.388 e. The number of anilines is 1. The molecule has 0 bridgehead atoms. The number of benzene rings is 1. The Morgan fingerprint density at radius 2 is 2.00 bits per heavy atom. The normalized spacial score (nSPS) is 17.9. The zero-order valence-corrected chi connectivity index (χ0v) is 12.4. The summed E-state index contributed by atoms with van der Waals surface area (Å²) in [5.41, 5.74) is 5.99. The average molecular weight is 270 g/mol. The van der Waals surface area contributed by atoms with Gasteiger partial charge in [-0.05, 0) is 44.4 Å². The van der Waals surface area contributed by atoms with Crippen LogP contribution in [0.4, 0.5) is 5.69 Å². The van der Waals surface area contributed by atoms with Crippen LogP contribution in [0.15, 0.2) is 30.3 Å². The molecule has 20 heavy (non-hydrogen) atoms.